The fraction of sp³-hybridized carbons (Fsp3) is 0.961. The van der Waals surface area contributed by atoms with Gasteiger partial charge in [-0.3, -0.25) is 4.79 Å². The third kappa shape index (κ3) is 38.8. The lowest BCUT2D eigenvalue weighted by Gasteiger charge is -2.27. The molecule has 0 radical (unpaired) electrons. The molecule has 1 N–H and O–H groups in total. The van der Waals surface area contributed by atoms with Crippen molar-refractivity contribution in [3.05, 3.63) is 0 Å². The molecule has 0 saturated carbocycles. The Kier molecular flexibility index (Phi) is 42.7. The summed E-state index contributed by atoms with van der Waals surface area (Å²) in [6.07, 6.45) is 43.0. The molecule has 0 bridgehead atoms. The number of rotatable bonds is 46. The molecule has 0 saturated heterocycles. The van der Waals surface area contributed by atoms with Crippen molar-refractivity contribution in [1.82, 2.24) is 4.90 Å². The first-order valence-electron chi connectivity index (χ1n) is 25.6. The summed E-state index contributed by atoms with van der Waals surface area (Å²) in [5.41, 5.74) is -0.447. The molecule has 0 aromatic heterocycles. The van der Waals surface area contributed by atoms with E-state index in [4.69, 9.17) is 14.2 Å². The zero-order chi connectivity index (χ0) is 42.6. The van der Waals surface area contributed by atoms with Crippen molar-refractivity contribution < 1.29 is 28.9 Å². The van der Waals surface area contributed by atoms with Crippen molar-refractivity contribution in [2.45, 2.75) is 272 Å². The number of hydrogen-bond acceptors (Lipinski definition) is 7. The summed E-state index contributed by atoms with van der Waals surface area (Å²) in [5.74, 6) is 0.00147. The number of nitrogens with zero attached hydrogens (tertiary/aromatic N) is 1. The average Bonchev–Trinajstić information content (AvgIpc) is 3.21. The van der Waals surface area contributed by atoms with Crippen LogP contribution < -0.4 is 0 Å². The van der Waals surface area contributed by atoms with E-state index >= 15 is 0 Å². The number of carbonyl (C=O) groups excluding carboxylic acids is 2. The van der Waals surface area contributed by atoms with Crippen LogP contribution in [0.4, 0.5) is 4.79 Å². The van der Waals surface area contributed by atoms with Crippen LogP contribution in [0.3, 0.4) is 0 Å². The molecule has 0 aromatic rings. The first-order chi connectivity index (χ1) is 28.3. The van der Waals surface area contributed by atoms with Gasteiger partial charge in [0.1, 0.15) is 6.10 Å². The summed E-state index contributed by atoms with van der Waals surface area (Å²) >= 11 is 0. The molecule has 58 heavy (non-hydrogen) atoms. The van der Waals surface area contributed by atoms with E-state index < -0.39 is 11.6 Å². The van der Waals surface area contributed by atoms with Gasteiger partial charge < -0.3 is 24.2 Å². The highest BCUT2D eigenvalue weighted by atomic mass is 16.7. The average molecular weight is 824 g/mol. The van der Waals surface area contributed by atoms with Gasteiger partial charge in [-0.05, 0) is 84.7 Å². The van der Waals surface area contributed by atoms with Gasteiger partial charge in [0, 0.05) is 6.54 Å². The Morgan fingerprint density at radius 3 is 1.21 bits per heavy atom. The minimum atomic E-state index is -0.528. The van der Waals surface area contributed by atoms with Crippen LogP contribution in [-0.2, 0) is 19.0 Å². The van der Waals surface area contributed by atoms with E-state index in [0.29, 0.717) is 19.8 Å². The third-order valence-corrected chi connectivity index (χ3v) is 12.1. The van der Waals surface area contributed by atoms with Crippen LogP contribution in [-0.4, -0.2) is 67.7 Å². The molecule has 7 nitrogen and oxygen atoms in total. The van der Waals surface area contributed by atoms with Gasteiger partial charge in [0.05, 0.1) is 25.2 Å². The molecular weight excluding hydrogens is 723 g/mol. The fourth-order valence-electron chi connectivity index (χ4n) is 7.98. The minimum absolute atomic E-state index is 0.00147. The van der Waals surface area contributed by atoms with Crippen LogP contribution in [0.2, 0.25) is 0 Å². The Morgan fingerprint density at radius 2 is 0.810 bits per heavy atom. The molecule has 0 unspecified atom stereocenters. The van der Waals surface area contributed by atoms with E-state index in [0.717, 1.165) is 96.6 Å². The first kappa shape index (κ1) is 56.7. The zero-order valence-corrected chi connectivity index (χ0v) is 39.7. The van der Waals surface area contributed by atoms with Crippen molar-refractivity contribution in [3.63, 3.8) is 0 Å². The van der Waals surface area contributed by atoms with Crippen molar-refractivity contribution >= 4 is 12.1 Å². The number of esters is 1. The quantitative estimate of drug-likeness (QED) is 0.0483. The summed E-state index contributed by atoms with van der Waals surface area (Å²) in [6, 6.07) is 0. The standard InChI is InChI=1S/C51H101NO6/c1-6-9-12-15-18-21-24-30-37-46-56-50(55)57-47-38-31-29-36-43-52(44-45-53)42-35-28-27-34-41-51(4,5)49(54)58-48(39-32-25-22-19-16-13-10-7-2)40-33-26-23-20-17-14-11-8-3/h48,53H,6-47H2,1-5H3. The summed E-state index contributed by atoms with van der Waals surface area (Å²) in [5, 5.41) is 9.63. The number of hydrogen-bond donors (Lipinski definition) is 1. The van der Waals surface area contributed by atoms with Crippen LogP contribution in [0.5, 0.6) is 0 Å². The van der Waals surface area contributed by atoms with Crippen LogP contribution >= 0.6 is 0 Å². The lowest BCUT2D eigenvalue weighted by molar-refractivity contribution is -0.161. The second-order valence-corrected chi connectivity index (χ2v) is 18.4. The highest BCUT2D eigenvalue weighted by molar-refractivity contribution is 5.76. The number of unbranched alkanes of at least 4 members (excludes halogenated alkanes) is 28. The van der Waals surface area contributed by atoms with Crippen LogP contribution in [0.1, 0.15) is 266 Å². The van der Waals surface area contributed by atoms with Gasteiger partial charge in [-0.1, -0.05) is 194 Å². The molecule has 346 valence electrons. The van der Waals surface area contributed by atoms with Gasteiger partial charge in [0.15, 0.2) is 0 Å². The van der Waals surface area contributed by atoms with E-state index in [1.807, 2.05) is 0 Å². The SMILES string of the molecule is CCCCCCCCCCCOC(=O)OCCCCCCN(CCO)CCCCCCC(C)(C)C(=O)OC(CCCCCCCCCC)CCCCCCCCCC. The van der Waals surface area contributed by atoms with Crippen LogP contribution in [0, 0.1) is 5.41 Å². The van der Waals surface area contributed by atoms with Crippen molar-refractivity contribution in [2.75, 3.05) is 39.5 Å². The maximum Gasteiger partial charge on any atom is 0.508 e. The first-order valence-corrected chi connectivity index (χ1v) is 25.6. The third-order valence-electron chi connectivity index (χ3n) is 12.1. The Morgan fingerprint density at radius 1 is 0.466 bits per heavy atom. The number of carbonyl (C=O) groups is 2. The number of aliphatic hydroxyl groups excluding tert-OH is 1. The molecule has 0 spiro atoms. The van der Waals surface area contributed by atoms with Gasteiger partial charge >= 0.3 is 12.1 Å². The van der Waals surface area contributed by atoms with E-state index in [1.54, 1.807) is 0 Å². The second kappa shape index (κ2) is 43.7. The maximum atomic E-state index is 13.5. The summed E-state index contributed by atoms with van der Waals surface area (Å²) < 4.78 is 16.8. The van der Waals surface area contributed by atoms with Gasteiger partial charge in [-0.15, -0.1) is 0 Å². The molecule has 0 amide bonds. The van der Waals surface area contributed by atoms with Crippen LogP contribution in [0.15, 0.2) is 0 Å². The Balaban J connectivity index is 4.23. The Bertz CT molecular complexity index is 846. The predicted molar refractivity (Wildman–Crippen MR) is 248 cm³/mol. The fourth-order valence-corrected chi connectivity index (χ4v) is 7.98. The smallest absolute Gasteiger partial charge is 0.462 e. The van der Waals surface area contributed by atoms with E-state index in [9.17, 15) is 14.7 Å². The number of aliphatic hydroxyl groups is 1. The van der Waals surface area contributed by atoms with Crippen molar-refractivity contribution in [3.8, 4) is 0 Å². The molecule has 0 aliphatic carbocycles. The van der Waals surface area contributed by atoms with Crippen LogP contribution in [0.25, 0.3) is 0 Å². The normalized spacial score (nSPS) is 11.9. The molecule has 0 fully saturated rings. The molecule has 7 heteroatoms. The van der Waals surface area contributed by atoms with Crippen molar-refractivity contribution in [2.24, 2.45) is 5.41 Å². The monoisotopic (exact) mass is 824 g/mol. The predicted octanol–water partition coefficient (Wildman–Crippen LogP) is 15.5. The largest absolute Gasteiger partial charge is 0.508 e. The van der Waals surface area contributed by atoms with Crippen molar-refractivity contribution in [1.29, 1.82) is 0 Å². The highest BCUT2D eigenvalue weighted by Gasteiger charge is 2.30. The van der Waals surface area contributed by atoms with E-state index in [1.165, 1.54) is 148 Å². The second-order valence-electron chi connectivity index (χ2n) is 18.4. The minimum Gasteiger partial charge on any atom is -0.462 e. The Labute approximate surface area is 361 Å². The molecular formula is C51H101NO6. The molecule has 0 aliphatic rings. The molecule has 0 aliphatic heterocycles. The lowest BCUT2D eigenvalue weighted by atomic mass is 9.86. The van der Waals surface area contributed by atoms with E-state index in [2.05, 4.69) is 39.5 Å². The molecule has 0 atom stereocenters. The number of ether oxygens (including phenoxy) is 3. The van der Waals surface area contributed by atoms with E-state index in [-0.39, 0.29) is 18.7 Å². The summed E-state index contributed by atoms with van der Waals surface area (Å²) in [6.45, 7) is 14.7. The summed E-state index contributed by atoms with van der Waals surface area (Å²) in [7, 11) is 0. The molecule has 0 aromatic carbocycles. The summed E-state index contributed by atoms with van der Waals surface area (Å²) in [4.78, 5) is 27.7. The highest BCUT2D eigenvalue weighted by Crippen LogP contribution is 2.28. The maximum absolute atomic E-state index is 13.5. The van der Waals surface area contributed by atoms with Gasteiger partial charge in [-0.2, -0.15) is 0 Å². The lowest BCUT2D eigenvalue weighted by Crippen LogP contribution is -2.31. The van der Waals surface area contributed by atoms with Gasteiger partial charge in [-0.25, -0.2) is 4.79 Å². The molecule has 0 heterocycles. The van der Waals surface area contributed by atoms with Gasteiger partial charge in [0.2, 0.25) is 0 Å². The Hall–Kier alpha value is -1.34. The molecule has 0 rings (SSSR count). The van der Waals surface area contributed by atoms with Gasteiger partial charge in [0.25, 0.3) is 0 Å². The zero-order valence-electron chi connectivity index (χ0n) is 39.7. The topological polar surface area (TPSA) is 85.3 Å².